The summed E-state index contributed by atoms with van der Waals surface area (Å²) in [5, 5.41) is 6.10. The molecule has 1 fully saturated rings. The molecule has 2 rings (SSSR count). The fourth-order valence-corrected chi connectivity index (χ4v) is 3.43. The molecule has 1 aromatic rings. The zero-order chi connectivity index (χ0) is 17.4. The number of amides is 1. The smallest absolute Gasteiger partial charge is 0.242 e. The van der Waals surface area contributed by atoms with E-state index >= 15 is 0 Å². The van der Waals surface area contributed by atoms with Crippen molar-refractivity contribution in [2.75, 3.05) is 50.3 Å². The number of thioether (sulfide) groups is 1. The molecule has 2 N–H and O–H groups in total. The van der Waals surface area contributed by atoms with Crippen LogP contribution in [-0.4, -0.2) is 61.8 Å². The van der Waals surface area contributed by atoms with Crippen LogP contribution < -0.4 is 20.1 Å². The number of methoxy groups -OCH3 is 1. The van der Waals surface area contributed by atoms with E-state index in [2.05, 4.69) is 29.4 Å². The van der Waals surface area contributed by atoms with Crippen molar-refractivity contribution in [3.05, 3.63) is 18.2 Å². The zero-order valence-corrected chi connectivity index (χ0v) is 15.4. The first-order valence-corrected chi connectivity index (χ1v) is 9.48. The lowest BCUT2D eigenvalue weighted by molar-refractivity contribution is -0.117. The number of hydrogen-bond acceptors (Lipinski definition) is 6. The highest BCUT2D eigenvalue weighted by molar-refractivity contribution is 7.99. The highest BCUT2D eigenvalue weighted by Gasteiger charge is 2.22. The predicted molar refractivity (Wildman–Crippen MR) is 99.2 cm³/mol. The van der Waals surface area contributed by atoms with Crippen LogP contribution in [0.4, 0.5) is 5.69 Å². The van der Waals surface area contributed by atoms with Gasteiger partial charge in [0, 0.05) is 29.9 Å². The minimum absolute atomic E-state index is 0.0146. The first-order valence-electron chi connectivity index (χ1n) is 8.33. The summed E-state index contributed by atoms with van der Waals surface area (Å²) in [6.45, 7) is 7.70. The molecule has 0 saturated carbocycles. The number of hydrogen-bond donors (Lipinski definition) is 2. The molecule has 1 aliphatic heterocycles. The molecule has 24 heavy (non-hydrogen) atoms. The van der Waals surface area contributed by atoms with Crippen molar-refractivity contribution in [2.45, 2.75) is 19.9 Å². The molecule has 6 nitrogen and oxygen atoms in total. The normalized spacial score (nSPS) is 17.1. The molecule has 7 heteroatoms. The van der Waals surface area contributed by atoms with E-state index in [4.69, 9.17) is 9.47 Å². The molecule has 1 saturated heterocycles. The molecule has 0 radical (unpaired) electrons. The van der Waals surface area contributed by atoms with E-state index in [1.165, 1.54) is 0 Å². The van der Waals surface area contributed by atoms with Crippen LogP contribution in [0.5, 0.6) is 11.5 Å². The van der Waals surface area contributed by atoms with Gasteiger partial charge in [0.2, 0.25) is 5.91 Å². The first-order chi connectivity index (χ1) is 11.7. The van der Waals surface area contributed by atoms with E-state index in [1.807, 2.05) is 18.2 Å². The Morgan fingerprint density at radius 1 is 1.38 bits per heavy atom. The number of likely N-dealkylation sites (N-methyl/N-ethyl adjacent to an activating group) is 1. The summed E-state index contributed by atoms with van der Waals surface area (Å²) >= 11 is 1.73. The number of benzene rings is 1. The van der Waals surface area contributed by atoms with Gasteiger partial charge in [0.1, 0.15) is 6.61 Å². The number of nitrogens with zero attached hydrogens (tertiary/aromatic N) is 1. The van der Waals surface area contributed by atoms with Crippen LogP contribution in [0.15, 0.2) is 18.2 Å². The van der Waals surface area contributed by atoms with Gasteiger partial charge in [0.15, 0.2) is 11.5 Å². The van der Waals surface area contributed by atoms with Gasteiger partial charge in [0.05, 0.1) is 13.2 Å². The van der Waals surface area contributed by atoms with Crippen LogP contribution in [0.1, 0.15) is 13.8 Å². The van der Waals surface area contributed by atoms with Gasteiger partial charge in [-0.25, -0.2) is 0 Å². The van der Waals surface area contributed by atoms with Crippen molar-refractivity contribution in [3.63, 3.8) is 0 Å². The standard InChI is InChI=1S/C17H27N3O3S/c1-4-20(5-2)8-9-23-16-10-13(6-7-15(16)22-3)19-17(21)14-11-24-12-18-14/h6-7,10,14,18H,4-5,8-9,11-12H2,1-3H3,(H,19,21). The fourth-order valence-electron chi connectivity index (χ4n) is 2.48. The van der Waals surface area contributed by atoms with Crippen molar-refractivity contribution in [1.82, 2.24) is 10.2 Å². The third kappa shape index (κ3) is 5.29. The molecule has 1 unspecified atom stereocenters. The molecule has 1 heterocycles. The second-order valence-electron chi connectivity index (χ2n) is 5.50. The van der Waals surface area contributed by atoms with E-state index in [-0.39, 0.29) is 11.9 Å². The third-order valence-electron chi connectivity index (χ3n) is 4.02. The highest BCUT2D eigenvalue weighted by atomic mass is 32.2. The van der Waals surface area contributed by atoms with E-state index in [0.717, 1.165) is 37.0 Å². The van der Waals surface area contributed by atoms with Crippen LogP contribution in [0.3, 0.4) is 0 Å². The molecule has 0 aliphatic carbocycles. The molecular weight excluding hydrogens is 326 g/mol. The Balaban J connectivity index is 1.97. The highest BCUT2D eigenvalue weighted by Crippen LogP contribution is 2.30. The SMILES string of the molecule is CCN(CC)CCOc1cc(NC(=O)C2CSCN2)ccc1OC. The molecular formula is C17H27N3O3S. The summed E-state index contributed by atoms with van der Waals surface area (Å²) in [4.78, 5) is 14.5. The maximum atomic E-state index is 12.2. The number of anilines is 1. The Hall–Kier alpha value is -1.44. The minimum Gasteiger partial charge on any atom is -0.493 e. The third-order valence-corrected chi connectivity index (χ3v) is 4.96. The van der Waals surface area contributed by atoms with Gasteiger partial charge >= 0.3 is 0 Å². The molecule has 1 amide bonds. The maximum absolute atomic E-state index is 12.2. The Bertz CT molecular complexity index is 532. The summed E-state index contributed by atoms with van der Waals surface area (Å²) in [5.41, 5.74) is 0.720. The van der Waals surface area contributed by atoms with Crippen molar-refractivity contribution < 1.29 is 14.3 Å². The Labute approximate surface area is 148 Å². The van der Waals surface area contributed by atoms with E-state index in [9.17, 15) is 4.79 Å². The number of rotatable bonds is 9. The van der Waals surface area contributed by atoms with Crippen LogP contribution >= 0.6 is 11.8 Å². The van der Waals surface area contributed by atoms with Gasteiger partial charge in [-0.3, -0.25) is 10.1 Å². The van der Waals surface area contributed by atoms with Gasteiger partial charge in [-0.2, -0.15) is 0 Å². The van der Waals surface area contributed by atoms with Crippen LogP contribution in [0.25, 0.3) is 0 Å². The quantitative estimate of drug-likeness (QED) is 0.708. The van der Waals surface area contributed by atoms with Crippen molar-refractivity contribution in [2.24, 2.45) is 0 Å². The van der Waals surface area contributed by atoms with Gasteiger partial charge < -0.3 is 19.7 Å². The summed E-state index contributed by atoms with van der Waals surface area (Å²) in [6.07, 6.45) is 0. The van der Waals surface area contributed by atoms with Crippen molar-refractivity contribution >= 4 is 23.4 Å². The molecule has 0 spiro atoms. The molecule has 0 aromatic heterocycles. The molecule has 134 valence electrons. The van der Waals surface area contributed by atoms with Crippen molar-refractivity contribution in [3.8, 4) is 11.5 Å². The average molecular weight is 353 g/mol. The van der Waals surface area contributed by atoms with Crippen LogP contribution in [0, 0.1) is 0 Å². The van der Waals surface area contributed by atoms with Crippen LogP contribution in [0.2, 0.25) is 0 Å². The Kier molecular flexibility index (Phi) is 7.68. The topological polar surface area (TPSA) is 62.8 Å². The minimum atomic E-state index is -0.135. The fraction of sp³-hybridized carbons (Fsp3) is 0.588. The maximum Gasteiger partial charge on any atom is 0.242 e. The van der Waals surface area contributed by atoms with Gasteiger partial charge in [-0.05, 0) is 25.2 Å². The molecule has 0 bridgehead atoms. The summed E-state index contributed by atoms with van der Waals surface area (Å²) < 4.78 is 11.2. The second kappa shape index (κ2) is 9.76. The number of nitrogens with one attached hydrogen (secondary N) is 2. The summed E-state index contributed by atoms with van der Waals surface area (Å²) in [6, 6.07) is 5.33. The summed E-state index contributed by atoms with van der Waals surface area (Å²) in [5.74, 6) is 2.92. The number of carbonyl (C=O) groups excluding carboxylic acids is 1. The molecule has 1 aliphatic rings. The zero-order valence-electron chi connectivity index (χ0n) is 14.6. The lowest BCUT2D eigenvalue weighted by Gasteiger charge is -2.19. The first kappa shape index (κ1) is 18.9. The monoisotopic (exact) mass is 353 g/mol. The number of carbonyl (C=O) groups is 1. The predicted octanol–water partition coefficient (Wildman–Crippen LogP) is 2.02. The average Bonchev–Trinajstić information content (AvgIpc) is 3.14. The van der Waals surface area contributed by atoms with Gasteiger partial charge in [0.25, 0.3) is 0 Å². The Morgan fingerprint density at radius 3 is 2.79 bits per heavy atom. The largest absolute Gasteiger partial charge is 0.493 e. The van der Waals surface area contributed by atoms with E-state index < -0.39 is 0 Å². The van der Waals surface area contributed by atoms with Crippen LogP contribution in [-0.2, 0) is 4.79 Å². The van der Waals surface area contributed by atoms with Gasteiger partial charge in [-0.15, -0.1) is 11.8 Å². The van der Waals surface area contributed by atoms with Gasteiger partial charge in [-0.1, -0.05) is 13.8 Å². The second-order valence-corrected chi connectivity index (χ2v) is 6.53. The lowest BCUT2D eigenvalue weighted by Crippen LogP contribution is -2.37. The van der Waals surface area contributed by atoms with Crippen molar-refractivity contribution in [1.29, 1.82) is 0 Å². The lowest BCUT2D eigenvalue weighted by atomic mass is 10.2. The number of ether oxygens (including phenoxy) is 2. The van der Waals surface area contributed by atoms with E-state index in [0.29, 0.717) is 18.1 Å². The molecule has 1 aromatic carbocycles. The van der Waals surface area contributed by atoms with E-state index in [1.54, 1.807) is 18.9 Å². The molecule has 1 atom stereocenters. The Morgan fingerprint density at radius 2 is 2.17 bits per heavy atom. The summed E-state index contributed by atoms with van der Waals surface area (Å²) in [7, 11) is 1.62.